The fourth-order valence-corrected chi connectivity index (χ4v) is 3.76. The Labute approximate surface area is 185 Å². The highest BCUT2D eigenvalue weighted by atomic mass is 32.2. The first-order chi connectivity index (χ1) is 15.2. The second-order valence-electron chi connectivity index (χ2n) is 6.87. The van der Waals surface area contributed by atoms with E-state index in [-0.39, 0.29) is 11.7 Å². The number of fused-ring (bicyclic) bond motifs is 1. The van der Waals surface area contributed by atoms with Crippen LogP contribution in [0.15, 0.2) is 89.1 Å². The number of rotatable bonds is 8. The zero-order valence-electron chi connectivity index (χ0n) is 17.1. The van der Waals surface area contributed by atoms with Crippen LogP contribution in [-0.4, -0.2) is 27.4 Å². The van der Waals surface area contributed by atoms with Crippen LogP contribution in [0.4, 0.5) is 0 Å². The largest absolute Gasteiger partial charge is 0.489 e. The molecule has 1 heterocycles. The van der Waals surface area contributed by atoms with E-state index in [2.05, 4.69) is 15.5 Å². The average Bonchev–Trinajstić information content (AvgIpc) is 3.13. The van der Waals surface area contributed by atoms with Gasteiger partial charge in [-0.1, -0.05) is 54.2 Å². The van der Waals surface area contributed by atoms with Crippen LogP contribution >= 0.6 is 11.8 Å². The normalized spacial score (nSPS) is 11.1. The summed E-state index contributed by atoms with van der Waals surface area (Å²) >= 11 is 1.38. The van der Waals surface area contributed by atoms with Gasteiger partial charge in [0, 0.05) is 7.05 Å². The summed E-state index contributed by atoms with van der Waals surface area (Å²) in [6.45, 7) is 0.521. The lowest BCUT2D eigenvalue weighted by Gasteiger charge is -2.06. The SMILES string of the molecule is Cn1c(SCC(=O)NN=Cc2ccc(OCc3ccccc3)cc2)nc2ccccc21. The monoisotopic (exact) mass is 430 g/mol. The highest BCUT2D eigenvalue weighted by Gasteiger charge is 2.09. The van der Waals surface area contributed by atoms with Gasteiger partial charge < -0.3 is 9.30 Å². The summed E-state index contributed by atoms with van der Waals surface area (Å²) in [5, 5.41) is 4.83. The number of carbonyl (C=O) groups is 1. The molecule has 0 spiro atoms. The summed E-state index contributed by atoms with van der Waals surface area (Å²) in [4.78, 5) is 16.7. The summed E-state index contributed by atoms with van der Waals surface area (Å²) < 4.78 is 7.75. The lowest BCUT2D eigenvalue weighted by molar-refractivity contribution is -0.118. The third-order valence-corrected chi connectivity index (χ3v) is 5.64. The topological polar surface area (TPSA) is 68.5 Å². The molecule has 0 bridgehead atoms. The number of aryl methyl sites for hydroxylation is 1. The molecule has 6 nitrogen and oxygen atoms in total. The molecule has 0 saturated carbocycles. The highest BCUT2D eigenvalue weighted by molar-refractivity contribution is 7.99. The molecule has 31 heavy (non-hydrogen) atoms. The van der Waals surface area contributed by atoms with Crippen molar-refractivity contribution in [1.29, 1.82) is 0 Å². The second kappa shape index (κ2) is 9.95. The van der Waals surface area contributed by atoms with Gasteiger partial charge in [0.2, 0.25) is 0 Å². The Balaban J connectivity index is 1.24. The van der Waals surface area contributed by atoms with Crippen LogP contribution in [0.5, 0.6) is 5.75 Å². The molecule has 0 radical (unpaired) electrons. The van der Waals surface area contributed by atoms with Crippen molar-refractivity contribution in [2.24, 2.45) is 12.1 Å². The predicted octanol–water partition coefficient (Wildman–Crippen LogP) is 4.39. The first-order valence-electron chi connectivity index (χ1n) is 9.82. The fraction of sp³-hybridized carbons (Fsp3) is 0.125. The standard InChI is InChI=1S/C24H22N4O2S/c1-28-22-10-6-5-9-21(22)26-24(28)31-17-23(29)27-25-15-18-11-13-20(14-12-18)30-16-19-7-3-2-4-8-19/h2-15H,16-17H2,1H3,(H,27,29). The molecule has 0 fully saturated rings. The van der Waals surface area contributed by atoms with Gasteiger partial charge in [0.05, 0.1) is 23.0 Å². The van der Waals surface area contributed by atoms with Crippen molar-refractivity contribution in [2.75, 3.05) is 5.75 Å². The van der Waals surface area contributed by atoms with Crippen molar-refractivity contribution in [3.8, 4) is 5.75 Å². The number of carbonyl (C=O) groups excluding carboxylic acids is 1. The van der Waals surface area contributed by atoms with E-state index in [9.17, 15) is 4.79 Å². The van der Waals surface area contributed by atoms with Crippen molar-refractivity contribution in [3.63, 3.8) is 0 Å². The van der Waals surface area contributed by atoms with Gasteiger partial charge in [-0.3, -0.25) is 4.79 Å². The van der Waals surface area contributed by atoms with Gasteiger partial charge in [-0.05, 0) is 47.5 Å². The number of hydrazone groups is 1. The van der Waals surface area contributed by atoms with E-state index >= 15 is 0 Å². The number of ether oxygens (including phenoxy) is 1. The van der Waals surface area contributed by atoms with Crippen molar-refractivity contribution in [2.45, 2.75) is 11.8 Å². The summed E-state index contributed by atoms with van der Waals surface area (Å²) in [5.41, 5.74) is 6.51. The Morgan fingerprint density at radius 3 is 2.58 bits per heavy atom. The van der Waals surface area contributed by atoms with E-state index in [1.807, 2.05) is 90.5 Å². The van der Waals surface area contributed by atoms with Crippen molar-refractivity contribution < 1.29 is 9.53 Å². The Hall–Kier alpha value is -3.58. The first-order valence-corrected chi connectivity index (χ1v) is 10.8. The van der Waals surface area contributed by atoms with Crippen molar-refractivity contribution in [1.82, 2.24) is 15.0 Å². The van der Waals surface area contributed by atoms with Crippen molar-refractivity contribution in [3.05, 3.63) is 90.0 Å². The number of amides is 1. The van der Waals surface area contributed by atoms with Gasteiger partial charge >= 0.3 is 0 Å². The lowest BCUT2D eigenvalue weighted by atomic mass is 10.2. The van der Waals surface area contributed by atoms with Crippen LogP contribution in [-0.2, 0) is 18.4 Å². The van der Waals surface area contributed by atoms with E-state index in [1.54, 1.807) is 6.21 Å². The van der Waals surface area contributed by atoms with Crippen molar-refractivity contribution >= 4 is 34.9 Å². The number of aromatic nitrogens is 2. The summed E-state index contributed by atoms with van der Waals surface area (Å²) in [6, 6.07) is 25.5. The minimum atomic E-state index is -0.184. The van der Waals surface area contributed by atoms with Gasteiger partial charge in [0.25, 0.3) is 5.91 Å². The van der Waals surface area contributed by atoms with E-state index < -0.39 is 0 Å². The molecular formula is C24H22N4O2S. The number of thioether (sulfide) groups is 1. The molecule has 3 aromatic carbocycles. The van der Waals surface area contributed by atoms with Crippen LogP contribution < -0.4 is 10.2 Å². The summed E-state index contributed by atoms with van der Waals surface area (Å²) in [7, 11) is 1.95. The fourth-order valence-electron chi connectivity index (χ4n) is 2.98. The molecule has 4 rings (SSSR count). The Morgan fingerprint density at radius 2 is 1.81 bits per heavy atom. The molecule has 0 atom stereocenters. The number of hydrogen-bond donors (Lipinski definition) is 1. The molecule has 0 unspecified atom stereocenters. The molecule has 1 N–H and O–H groups in total. The van der Waals surface area contributed by atoms with Gasteiger partial charge in [-0.25, -0.2) is 10.4 Å². The van der Waals surface area contributed by atoms with E-state index in [4.69, 9.17) is 4.74 Å². The maximum Gasteiger partial charge on any atom is 0.250 e. The molecule has 0 aliphatic rings. The number of imidazole rings is 1. The van der Waals surface area contributed by atoms with Crippen LogP contribution in [0.1, 0.15) is 11.1 Å². The Morgan fingerprint density at radius 1 is 1.06 bits per heavy atom. The van der Waals surface area contributed by atoms with E-state index in [0.717, 1.165) is 33.1 Å². The van der Waals surface area contributed by atoms with E-state index in [1.165, 1.54) is 11.8 Å². The highest BCUT2D eigenvalue weighted by Crippen LogP contribution is 2.22. The molecule has 0 aliphatic carbocycles. The molecule has 1 aromatic heterocycles. The maximum absolute atomic E-state index is 12.1. The van der Waals surface area contributed by atoms with Gasteiger partial charge in [0.15, 0.2) is 5.16 Å². The smallest absolute Gasteiger partial charge is 0.250 e. The maximum atomic E-state index is 12.1. The third-order valence-electron chi connectivity index (χ3n) is 4.61. The predicted molar refractivity (Wildman–Crippen MR) is 124 cm³/mol. The molecule has 1 amide bonds. The Kier molecular flexibility index (Phi) is 6.64. The number of nitrogens with zero attached hydrogens (tertiary/aromatic N) is 3. The number of benzene rings is 3. The molecule has 0 aliphatic heterocycles. The quantitative estimate of drug-likeness (QED) is 0.256. The van der Waals surface area contributed by atoms with E-state index in [0.29, 0.717) is 6.61 Å². The van der Waals surface area contributed by atoms with Crippen LogP contribution in [0.3, 0.4) is 0 Å². The lowest BCUT2D eigenvalue weighted by Crippen LogP contribution is -2.19. The van der Waals surface area contributed by atoms with Crippen LogP contribution in [0.2, 0.25) is 0 Å². The van der Waals surface area contributed by atoms with Crippen LogP contribution in [0, 0.1) is 0 Å². The van der Waals surface area contributed by atoms with Crippen LogP contribution in [0.25, 0.3) is 11.0 Å². The third kappa shape index (κ3) is 5.52. The Bertz CT molecular complexity index is 1190. The number of para-hydroxylation sites is 2. The zero-order chi connectivity index (χ0) is 21.5. The first kappa shape index (κ1) is 20.7. The molecule has 0 saturated heterocycles. The van der Waals surface area contributed by atoms with Gasteiger partial charge in [0.1, 0.15) is 12.4 Å². The molecule has 156 valence electrons. The average molecular weight is 431 g/mol. The van der Waals surface area contributed by atoms with Gasteiger partial charge in [-0.2, -0.15) is 5.10 Å². The minimum absolute atomic E-state index is 0.184. The minimum Gasteiger partial charge on any atom is -0.489 e. The molecular weight excluding hydrogens is 408 g/mol. The number of hydrogen-bond acceptors (Lipinski definition) is 5. The second-order valence-corrected chi connectivity index (χ2v) is 7.81. The molecule has 7 heteroatoms. The van der Waals surface area contributed by atoms with Gasteiger partial charge in [-0.15, -0.1) is 0 Å². The summed E-state index contributed by atoms with van der Waals surface area (Å²) in [6.07, 6.45) is 1.61. The zero-order valence-corrected chi connectivity index (χ0v) is 17.9. The molecule has 4 aromatic rings. The number of nitrogens with one attached hydrogen (secondary N) is 1. The summed E-state index contributed by atoms with van der Waals surface area (Å²) in [5.74, 6) is 0.834.